The third-order valence-corrected chi connectivity index (χ3v) is 2.45. The highest BCUT2D eigenvalue weighted by atomic mass is 35.5. The summed E-state index contributed by atoms with van der Waals surface area (Å²) in [5.41, 5.74) is 6.18. The van der Waals surface area contributed by atoms with Crippen LogP contribution >= 0.6 is 12.4 Å². The molecule has 1 atom stereocenters. The smallest absolute Gasteiger partial charge is 0.127 e. The van der Waals surface area contributed by atoms with Crippen LogP contribution < -0.4 is 10.5 Å². The second kappa shape index (κ2) is 7.01. The van der Waals surface area contributed by atoms with Crippen LogP contribution in [0.1, 0.15) is 11.7 Å². The van der Waals surface area contributed by atoms with Gasteiger partial charge in [-0.1, -0.05) is 30.3 Å². The zero-order chi connectivity index (χ0) is 12.1. The van der Waals surface area contributed by atoms with E-state index < -0.39 is 6.10 Å². The van der Waals surface area contributed by atoms with Crippen molar-refractivity contribution < 1.29 is 9.84 Å². The maximum atomic E-state index is 9.64. The topological polar surface area (TPSA) is 55.5 Å². The number of benzene rings is 2. The van der Waals surface area contributed by atoms with Crippen molar-refractivity contribution in [2.24, 2.45) is 5.73 Å². The third kappa shape index (κ3) is 3.74. The quantitative estimate of drug-likeness (QED) is 0.894. The lowest BCUT2D eigenvalue weighted by Gasteiger charge is -2.10. The molecule has 0 radical (unpaired) electrons. The average molecular weight is 266 g/mol. The Bertz CT molecular complexity index is 476. The number of aliphatic hydroxyl groups excluding tert-OH is 1. The highest BCUT2D eigenvalue weighted by Crippen LogP contribution is 2.23. The van der Waals surface area contributed by atoms with Crippen LogP contribution in [0.25, 0.3) is 0 Å². The van der Waals surface area contributed by atoms with Crippen LogP contribution in [0.2, 0.25) is 0 Å². The Morgan fingerprint density at radius 1 is 1.00 bits per heavy atom. The molecule has 0 aliphatic rings. The van der Waals surface area contributed by atoms with Crippen molar-refractivity contribution >= 4 is 12.4 Å². The zero-order valence-electron chi connectivity index (χ0n) is 9.82. The number of hydrogen-bond donors (Lipinski definition) is 2. The van der Waals surface area contributed by atoms with Gasteiger partial charge in [0.15, 0.2) is 0 Å². The molecule has 0 saturated heterocycles. The number of nitrogens with two attached hydrogens (primary N) is 1. The molecular weight excluding hydrogens is 250 g/mol. The van der Waals surface area contributed by atoms with Crippen molar-refractivity contribution in [3.05, 3.63) is 60.2 Å². The molecule has 18 heavy (non-hydrogen) atoms. The minimum atomic E-state index is -0.644. The largest absolute Gasteiger partial charge is 0.457 e. The summed E-state index contributed by atoms with van der Waals surface area (Å²) >= 11 is 0. The SMILES string of the molecule is Cl.NCC(O)c1cccc(Oc2ccccc2)c1. The molecule has 0 bridgehead atoms. The third-order valence-electron chi connectivity index (χ3n) is 2.45. The molecule has 0 fully saturated rings. The lowest BCUT2D eigenvalue weighted by molar-refractivity contribution is 0.186. The Morgan fingerprint density at radius 3 is 2.33 bits per heavy atom. The highest BCUT2D eigenvalue weighted by Gasteiger charge is 2.06. The molecule has 0 aromatic heterocycles. The Balaban J connectivity index is 0.00000162. The van der Waals surface area contributed by atoms with Crippen LogP contribution in [0.15, 0.2) is 54.6 Å². The van der Waals surface area contributed by atoms with E-state index in [-0.39, 0.29) is 19.0 Å². The molecular formula is C14H16ClNO2. The van der Waals surface area contributed by atoms with E-state index in [1.165, 1.54) is 0 Å². The van der Waals surface area contributed by atoms with Gasteiger partial charge in [0.2, 0.25) is 0 Å². The summed E-state index contributed by atoms with van der Waals surface area (Å²) in [5, 5.41) is 9.64. The molecule has 1 unspecified atom stereocenters. The lowest BCUT2D eigenvalue weighted by Crippen LogP contribution is -2.11. The fourth-order valence-electron chi connectivity index (χ4n) is 1.55. The van der Waals surface area contributed by atoms with E-state index in [9.17, 15) is 5.11 Å². The van der Waals surface area contributed by atoms with Gasteiger partial charge in [-0.05, 0) is 29.8 Å². The van der Waals surface area contributed by atoms with E-state index in [0.717, 1.165) is 11.3 Å². The van der Waals surface area contributed by atoms with Crippen LogP contribution in [-0.4, -0.2) is 11.7 Å². The molecule has 2 aromatic carbocycles. The molecule has 96 valence electrons. The van der Waals surface area contributed by atoms with Gasteiger partial charge in [0.1, 0.15) is 11.5 Å². The van der Waals surface area contributed by atoms with Gasteiger partial charge in [0.05, 0.1) is 6.10 Å². The highest BCUT2D eigenvalue weighted by molar-refractivity contribution is 5.85. The van der Waals surface area contributed by atoms with Gasteiger partial charge in [0, 0.05) is 6.54 Å². The molecule has 2 rings (SSSR count). The van der Waals surface area contributed by atoms with Crippen LogP contribution in [0.5, 0.6) is 11.5 Å². The normalized spacial score (nSPS) is 11.4. The fourth-order valence-corrected chi connectivity index (χ4v) is 1.55. The molecule has 0 spiro atoms. The minimum Gasteiger partial charge on any atom is -0.457 e. The monoisotopic (exact) mass is 265 g/mol. The van der Waals surface area contributed by atoms with Crippen molar-refractivity contribution in [3.8, 4) is 11.5 Å². The van der Waals surface area contributed by atoms with Crippen molar-refractivity contribution in [2.45, 2.75) is 6.10 Å². The Morgan fingerprint density at radius 2 is 1.67 bits per heavy atom. The average Bonchev–Trinajstić information content (AvgIpc) is 2.39. The zero-order valence-corrected chi connectivity index (χ0v) is 10.6. The van der Waals surface area contributed by atoms with Gasteiger partial charge in [-0.3, -0.25) is 0 Å². The number of ether oxygens (including phenoxy) is 1. The summed E-state index contributed by atoms with van der Waals surface area (Å²) in [6.45, 7) is 0.203. The van der Waals surface area contributed by atoms with Crippen LogP contribution in [0.4, 0.5) is 0 Å². The van der Waals surface area contributed by atoms with Crippen molar-refractivity contribution in [2.75, 3.05) is 6.54 Å². The van der Waals surface area contributed by atoms with Gasteiger partial charge in [-0.25, -0.2) is 0 Å². The standard InChI is InChI=1S/C14H15NO2.ClH/c15-10-14(16)11-5-4-8-13(9-11)17-12-6-2-1-3-7-12;/h1-9,14,16H,10,15H2;1H. The molecule has 0 saturated carbocycles. The van der Waals surface area contributed by atoms with Gasteiger partial charge in [-0.15, -0.1) is 12.4 Å². The Hall–Kier alpha value is -1.55. The van der Waals surface area contributed by atoms with Crippen molar-refractivity contribution in [3.63, 3.8) is 0 Å². The summed E-state index contributed by atoms with van der Waals surface area (Å²) in [6, 6.07) is 16.8. The second-order valence-electron chi connectivity index (χ2n) is 3.74. The van der Waals surface area contributed by atoms with E-state index >= 15 is 0 Å². The van der Waals surface area contributed by atoms with E-state index in [0.29, 0.717) is 5.75 Å². The molecule has 4 heteroatoms. The van der Waals surface area contributed by atoms with Gasteiger partial charge >= 0.3 is 0 Å². The molecule has 2 aromatic rings. The Labute approximate surface area is 113 Å². The van der Waals surface area contributed by atoms with Gasteiger partial charge in [0.25, 0.3) is 0 Å². The predicted molar refractivity (Wildman–Crippen MR) is 74.2 cm³/mol. The summed E-state index contributed by atoms with van der Waals surface area (Å²) in [6.07, 6.45) is -0.644. The first kappa shape index (κ1) is 14.5. The first-order chi connectivity index (χ1) is 8.29. The van der Waals surface area contributed by atoms with Crippen LogP contribution in [0.3, 0.4) is 0 Å². The van der Waals surface area contributed by atoms with Gasteiger partial charge < -0.3 is 15.6 Å². The molecule has 0 aliphatic carbocycles. The number of rotatable bonds is 4. The van der Waals surface area contributed by atoms with E-state index in [4.69, 9.17) is 10.5 Å². The van der Waals surface area contributed by atoms with E-state index in [2.05, 4.69) is 0 Å². The summed E-state index contributed by atoms with van der Waals surface area (Å²) < 4.78 is 5.66. The fraction of sp³-hybridized carbons (Fsp3) is 0.143. The van der Waals surface area contributed by atoms with Crippen LogP contribution in [0, 0.1) is 0 Å². The Kier molecular flexibility index (Phi) is 5.65. The molecule has 0 heterocycles. The predicted octanol–water partition coefficient (Wildman–Crippen LogP) is 2.89. The van der Waals surface area contributed by atoms with Crippen LogP contribution in [-0.2, 0) is 0 Å². The van der Waals surface area contributed by atoms with E-state index in [1.807, 2.05) is 48.5 Å². The first-order valence-corrected chi connectivity index (χ1v) is 5.50. The molecule has 0 aliphatic heterocycles. The minimum absolute atomic E-state index is 0. The summed E-state index contributed by atoms with van der Waals surface area (Å²) in [7, 11) is 0. The number of hydrogen-bond acceptors (Lipinski definition) is 3. The molecule has 0 amide bonds. The number of halogens is 1. The number of aliphatic hydroxyl groups is 1. The maximum absolute atomic E-state index is 9.64. The number of para-hydroxylation sites is 1. The van der Waals surface area contributed by atoms with Gasteiger partial charge in [-0.2, -0.15) is 0 Å². The van der Waals surface area contributed by atoms with E-state index in [1.54, 1.807) is 6.07 Å². The summed E-state index contributed by atoms with van der Waals surface area (Å²) in [4.78, 5) is 0. The lowest BCUT2D eigenvalue weighted by atomic mass is 10.1. The second-order valence-corrected chi connectivity index (χ2v) is 3.74. The maximum Gasteiger partial charge on any atom is 0.127 e. The first-order valence-electron chi connectivity index (χ1n) is 5.50. The molecule has 3 N–H and O–H groups in total. The van der Waals surface area contributed by atoms with Crippen molar-refractivity contribution in [1.82, 2.24) is 0 Å². The molecule has 3 nitrogen and oxygen atoms in total. The van der Waals surface area contributed by atoms with Crippen molar-refractivity contribution in [1.29, 1.82) is 0 Å². The summed E-state index contributed by atoms with van der Waals surface area (Å²) in [5.74, 6) is 1.47.